The number of hydrogen-bond donors (Lipinski definition) is 0. The number of ketones is 1. The first-order valence-electron chi connectivity index (χ1n) is 10.2. The standard InChI is InChI=1S/C23H28N2O6/c1-15-13-18(16(2)24(15)11-12-29-4)20(26)14-30-22(27)9-10-25-19-7-5-6-8-21(19)31-17(3)23(25)28/h5-8,13,17H,9-12,14H2,1-4H3. The average molecular weight is 428 g/mol. The molecule has 31 heavy (non-hydrogen) atoms. The Morgan fingerprint density at radius 3 is 2.65 bits per heavy atom. The zero-order valence-electron chi connectivity index (χ0n) is 18.3. The van der Waals surface area contributed by atoms with Crippen LogP contribution in [0.25, 0.3) is 0 Å². The Labute approximate surface area is 181 Å². The highest BCUT2D eigenvalue weighted by Gasteiger charge is 2.31. The van der Waals surface area contributed by atoms with Crippen LogP contribution in [0.4, 0.5) is 5.69 Å². The van der Waals surface area contributed by atoms with Gasteiger partial charge in [-0.2, -0.15) is 0 Å². The number of carbonyl (C=O) groups is 3. The Morgan fingerprint density at radius 1 is 1.16 bits per heavy atom. The highest BCUT2D eigenvalue weighted by atomic mass is 16.5. The fraction of sp³-hybridized carbons (Fsp3) is 0.435. The largest absolute Gasteiger partial charge is 0.479 e. The molecule has 0 fully saturated rings. The van der Waals surface area contributed by atoms with E-state index in [0.717, 1.165) is 11.4 Å². The summed E-state index contributed by atoms with van der Waals surface area (Å²) in [7, 11) is 1.63. The molecular formula is C23H28N2O6. The molecule has 0 saturated carbocycles. The van der Waals surface area contributed by atoms with Gasteiger partial charge in [-0.25, -0.2) is 0 Å². The summed E-state index contributed by atoms with van der Waals surface area (Å²) < 4.78 is 17.9. The number of esters is 1. The molecule has 1 aliphatic heterocycles. The molecule has 0 saturated heterocycles. The van der Waals surface area contributed by atoms with Crippen molar-refractivity contribution in [2.24, 2.45) is 0 Å². The molecule has 0 N–H and O–H groups in total. The molecule has 0 bridgehead atoms. The first-order valence-corrected chi connectivity index (χ1v) is 10.2. The number of aryl methyl sites for hydroxylation is 1. The van der Waals surface area contributed by atoms with Crippen molar-refractivity contribution in [3.63, 3.8) is 0 Å². The quantitative estimate of drug-likeness (QED) is 0.451. The number of para-hydroxylation sites is 2. The average Bonchev–Trinajstić information content (AvgIpc) is 3.04. The molecule has 1 aromatic heterocycles. The van der Waals surface area contributed by atoms with Gasteiger partial charge in [0.25, 0.3) is 5.91 Å². The van der Waals surface area contributed by atoms with Gasteiger partial charge in [-0.3, -0.25) is 14.4 Å². The molecule has 0 aliphatic carbocycles. The van der Waals surface area contributed by atoms with Crippen LogP contribution in [0.5, 0.6) is 5.75 Å². The van der Waals surface area contributed by atoms with Crippen LogP contribution in [0, 0.1) is 13.8 Å². The molecule has 8 heteroatoms. The van der Waals surface area contributed by atoms with Gasteiger partial charge in [0.15, 0.2) is 12.7 Å². The van der Waals surface area contributed by atoms with Crippen LogP contribution in [0.3, 0.4) is 0 Å². The molecule has 1 aromatic carbocycles. The smallest absolute Gasteiger partial charge is 0.308 e. The van der Waals surface area contributed by atoms with E-state index in [2.05, 4.69) is 0 Å². The number of aromatic nitrogens is 1. The predicted molar refractivity (Wildman–Crippen MR) is 115 cm³/mol. The number of hydrogen-bond acceptors (Lipinski definition) is 6. The summed E-state index contributed by atoms with van der Waals surface area (Å²) in [6, 6.07) is 8.98. The van der Waals surface area contributed by atoms with E-state index in [-0.39, 0.29) is 31.3 Å². The Kier molecular flexibility index (Phi) is 7.12. The number of benzene rings is 1. The molecule has 1 amide bonds. The fourth-order valence-electron chi connectivity index (χ4n) is 3.70. The zero-order chi connectivity index (χ0) is 22.5. The first kappa shape index (κ1) is 22.6. The van der Waals surface area contributed by atoms with Crippen molar-refractivity contribution in [2.75, 3.05) is 31.8 Å². The van der Waals surface area contributed by atoms with Gasteiger partial charge in [0.2, 0.25) is 5.78 Å². The van der Waals surface area contributed by atoms with Gasteiger partial charge in [0.1, 0.15) is 5.75 Å². The molecule has 0 radical (unpaired) electrons. The van der Waals surface area contributed by atoms with Crippen LogP contribution in [0.2, 0.25) is 0 Å². The topological polar surface area (TPSA) is 87.1 Å². The normalized spacial score (nSPS) is 15.4. The molecule has 1 aliphatic rings. The second-order valence-electron chi connectivity index (χ2n) is 7.48. The van der Waals surface area contributed by atoms with Crippen LogP contribution in [-0.2, 0) is 25.6 Å². The van der Waals surface area contributed by atoms with Crippen molar-refractivity contribution < 1.29 is 28.6 Å². The highest BCUT2D eigenvalue weighted by Crippen LogP contribution is 2.33. The van der Waals surface area contributed by atoms with Gasteiger partial charge in [0, 0.05) is 37.2 Å². The third kappa shape index (κ3) is 4.96. The van der Waals surface area contributed by atoms with Gasteiger partial charge in [-0.05, 0) is 39.0 Å². The number of carbonyl (C=O) groups excluding carboxylic acids is 3. The zero-order valence-corrected chi connectivity index (χ0v) is 18.3. The van der Waals surface area contributed by atoms with Crippen molar-refractivity contribution in [1.82, 2.24) is 4.57 Å². The summed E-state index contributed by atoms with van der Waals surface area (Å²) >= 11 is 0. The predicted octanol–water partition coefficient (Wildman–Crippen LogP) is 2.68. The van der Waals surface area contributed by atoms with Crippen molar-refractivity contribution in [1.29, 1.82) is 0 Å². The molecule has 166 valence electrons. The minimum absolute atomic E-state index is 0.0209. The third-order valence-electron chi connectivity index (χ3n) is 5.37. The molecule has 1 unspecified atom stereocenters. The number of fused-ring (bicyclic) bond motifs is 1. The summed E-state index contributed by atoms with van der Waals surface area (Å²) in [5, 5.41) is 0. The lowest BCUT2D eigenvalue weighted by Crippen LogP contribution is -2.45. The summed E-state index contributed by atoms with van der Waals surface area (Å²) in [5.74, 6) is -0.412. The molecule has 0 spiro atoms. The van der Waals surface area contributed by atoms with Crippen molar-refractivity contribution in [3.8, 4) is 5.75 Å². The van der Waals surface area contributed by atoms with E-state index in [0.29, 0.717) is 30.2 Å². The van der Waals surface area contributed by atoms with E-state index < -0.39 is 12.1 Å². The van der Waals surface area contributed by atoms with Gasteiger partial charge in [0.05, 0.1) is 18.7 Å². The number of Topliss-reactive ketones (excluding diaryl/α,β-unsaturated/α-hetero) is 1. The van der Waals surface area contributed by atoms with E-state index >= 15 is 0 Å². The van der Waals surface area contributed by atoms with Crippen molar-refractivity contribution >= 4 is 23.3 Å². The van der Waals surface area contributed by atoms with Crippen molar-refractivity contribution in [3.05, 3.63) is 47.3 Å². The van der Waals surface area contributed by atoms with E-state index in [1.807, 2.05) is 24.5 Å². The van der Waals surface area contributed by atoms with Gasteiger partial charge >= 0.3 is 5.97 Å². The minimum Gasteiger partial charge on any atom is -0.479 e. The highest BCUT2D eigenvalue weighted by molar-refractivity contribution is 6.00. The van der Waals surface area contributed by atoms with E-state index in [1.54, 1.807) is 38.3 Å². The molecule has 3 rings (SSSR count). The summed E-state index contributed by atoms with van der Waals surface area (Å²) in [6.07, 6.45) is -0.645. The number of nitrogens with zero attached hydrogens (tertiary/aromatic N) is 2. The second-order valence-corrected chi connectivity index (χ2v) is 7.48. The number of methoxy groups -OCH3 is 1. The Morgan fingerprint density at radius 2 is 1.90 bits per heavy atom. The monoisotopic (exact) mass is 428 g/mol. The Balaban J connectivity index is 1.56. The maximum Gasteiger partial charge on any atom is 0.308 e. The second kappa shape index (κ2) is 9.78. The van der Waals surface area contributed by atoms with Crippen molar-refractivity contribution in [2.45, 2.75) is 39.8 Å². The van der Waals surface area contributed by atoms with E-state index in [4.69, 9.17) is 14.2 Å². The SMILES string of the molecule is COCCn1c(C)cc(C(=O)COC(=O)CCN2C(=O)C(C)Oc3ccccc32)c1C. The Bertz CT molecular complexity index is 980. The molecule has 1 atom stereocenters. The number of rotatable bonds is 9. The third-order valence-corrected chi connectivity index (χ3v) is 5.37. The van der Waals surface area contributed by atoms with Crippen LogP contribution >= 0.6 is 0 Å². The van der Waals surface area contributed by atoms with Crippen LogP contribution in [0.1, 0.15) is 35.1 Å². The number of anilines is 1. The van der Waals surface area contributed by atoms with Crippen LogP contribution in [-0.4, -0.2) is 55.2 Å². The lowest BCUT2D eigenvalue weighted by Gasteiger charge is -2.32. The molecule has 8 nitrogen and oxygen atoms in total. The Hall–Kier alpha value is -3.13. The number of ether oxygens (including phenoxy) is 3. The van der Waals surface area contributed by atoms with Crippen LogP contribution < -0.4 is 9.64 Å². The molecule has 2 aromatic rings. The fourth-order valence-corrected chi connectivity index (χ4v) is 3.70. The van der Waals surface area contributed by atoms with Gasteiger partial charge in [-0.1, -0.05) is 12.1 Å². The first-order chi connectivity index (χ1) is 14.8. The maximum atomic E-state index is 12.6. The molecule has 2 heterocycles. The minimum atomic E-state index is -0.624. The summed E-state index contributed by atoms with van der Waals surface area (Å²) in [4.78, 5) is 38.8. The van der Waals surface area contributed by atoms with Crippen LogP contribution in [0.15, 0.2) is 30.3 Å². The maximum absolute atomic E-state index is 12.6. The summed E-state index contributed by atoms with van der Waals surface area (Å²) in [6.45, 7) is 6.46. The van der Waals surface area contributed by atoms with E-state index in [9.17, 15) is 14.4 Å². The van der Waals surface area contributed by atoms with Gasteiger partial charge < -0.3 is 23.7 Å². The lowest BCUT2D eigenvalue weighted by molar-refractivity contribution is -0.142. The molecular weight excluding hydrogens is 400 g/mol. The number of amides is 1. The lowest BCUT2D eigenvalue weighted by atomic mass is 10.1. The summed E-state index contributed by atoms with van der Waals surface area (Å²) in [5.41, 5.74) is 2.92. The van der Waals surface area contributed by atoms with E-state index in [1.165, 1.54) is 4.90 Å². The van der Waals surface area contributed by atoms with Gasteiger partial charge in [-0.15, -0.1) is 0 Å².